The molecule has 1 aromatic carbocycles. The lowest BCUT2D eigenvalue weighted by molar-refractivity contribution is 0.524. The number of unbranched alkanes of at least 4 members (excludes halogenated alkanes) is 6. The summed E-state index contributed by atoms with van der Waals surface area (Å²) in [5, 5.41) is 4.39. The van der Waals surface area contributed by atoms with Crippen molar-refractivity contribution in [2.75, 3.05) is 6.54 Å². The Hall–Kier alpha value is -0.530. The van der Waals surface area contributed by atoms with Crippen LogP contribution < -0.4 is 5.32 Å². The van der Waals surface area contributed by atoms with Gasteiger partial charge in [0, 0.05) is 11.1 Å². The van der Waals surface area contributed by atoms with Gasteiger partial charge in [0.1, 0.15) is 0 Å². The summed E-state index contributed by atoms with van der Waals surface area (Å²) in [5.41, 5.74) is 1.27. The Bertz CT molecular complexity index is 338. The molecule has 0 aliphatic carbocycles. The molecular weight excluding hydrogens is 254 g/mol. The van der Waals surface area contributed by atoms with Crippen LogP contribution in [0.3, 0.4) is 0 Å². The maximum absolute atomic E-state index is 6.01. The molecule has 0 amide bonds. The Morgan fingerprint density at radius 2 is 1.74 bits per heavy atom. The summed E-state index contributed by atoms with van der Waals surface area (Å²) in [7, 11) is 0. The zero-order chi connectivity index (χ0) is 13.9. The number of halogens is 1. The smallest absolute Gasteiger partial charge is 0.0409 e. The standard InChI is InChI=1S/C17H28ClN/c1-3-4-5-6-7-8-9-13-19-15(2)16-11-10-12-17(18)14-16/h10-12,14-15,19H,3-9,13H2,1-2H3/t15-/m0/s1. The van der Waals surface area contributed by atoms with Crippen molar-refractivity contribution in [1.82, 2.24) is 5.32 Å². The lowest BCUT2D eigenvalue weighted by Crippen LogP contribution is -2.19. The summed E-state index contributed by atoms with van der Waals surface area (Å²) in [5.74, 6) is 0. The van der Waals surface area contributed by atoms with Gasteiger partial charge < -0.3 is 5.32 Å². The largest absolute Gasteiger partial charge is 0.310 e. The summed E-state index contributed by atoms with van der Waals surface area (Å²) in [6.07, 6.45) is 9.53. The quantitative estimate of drug-likeness (QED) is 0.539. The number of hydrogen-bond donors (Lipinski definition) is 1. The molecule has 0 spiro atoms. The Labute approximate surface area is 123 Å². The van der Waals surface area contributed by atoms with Crippen LogP contribution in [-0.2, 0) is 0 Å². The van der Waals surface area contributed by atoms with Crippen LogP contribution >= 0.6 is 11.6 Å². The highest BCUT2D eigenvalue weighted by molar-refractivity contribution is 6.30. The molecule has 1 aromatic rings. The molecule has 108 valence electrons. The molecular formula is C17H28ClN. The summed E-state index contributed by atoms with van der Waals surface area (Å²) >= 11 is 6.01. The molecule has 2 heteroatoms. The number of nitrogens with one attached hydrogen (secondary N) is 1. The zero-order valence-electron chi connectivity index (χ0n) is 12.4. The van der Waals surface area contributed by atoms with Gasteiger partial charge in [0.05, 0.1) is 0 Å². The summed E-state index contributed by atoms with van der Waals surface area (Å²) in [6.45, 7) is 5.56. The zero-order valence-corrected chi connectivity index (χ0v) is 13.2. The Morgan fingerprint density at radius 1 is 1.05 bits per heavy atom. The number of benzene rings is 1. The van der Waals surface area contributed by atoms with Crippen LogP contribution in [0.2, 0.25) is 5.02 Å². The third-order valence-electron chi connectivity index (χ3n) is 3.58. The number of rotatable bonds is 10. The van der Waals surface area contributed by atoms with E-state index in [1.165, 1.54) is 50.5 Å². The van der Waals surface area contributed by atoms with E-state index in [1.807, 2.05) is 18.2 Å². The van der Waals surface area contributed by atoms with Gasteiger partial charge in [-0.25, -0.2) is 0 Å². The first kappa shape index (κ1) is 16.5. The van der Waals surface area contributed by atoms with Crippen LogP contribution in [0.4, 0.5) is 0 Å². The minimum absolute atomic E-state index is 0.388. The second kappa shape index (κ2) is 10.3. The van der Waals surface area contributed by atoms with Crippen LogP contribution in [0, 0.1) is 0 Å². The molecule has 0 heterocycles. The predicted octanol–water partition coefficient (Wildman–Crippen LogP) is 5.74. The van der Waals surface area contributed by atoms with Gasteiger partial charge in [-0.1, -0.05) is 69.2 Å². The molecule has 1 atom stereocenters. The fourth-order valence-electron chi connectivity index (χ4n) is 2.29. The van der Waals surface area contributed by atoms with Gasteiger partial charge >= 0.3 is 0 Å². The molecule has 1 rings (SSSR count). The van der Waals surface area contributed by atoms with Gasteiger partial charge in [-0.15, -0.1) is 0 Å². The van der Waals surface area contributed by atoms with Gasteiger partial charge in [-0.05, 0) is 37.6 Å². The van der Waals surface area contributed by atoms with E-state index >= 15 is 0 Å². The molecule has 0 fully saturated rings. The molecule has 1 nitrogen and oxygen atoms in total. The first-order chi connectivity index (χ1) is 9.24. The molecule has 0 unspecified atom stereocenters. The molecule has 0 saturated heterocycles. The highest BCUT2D eigenvalue weighted by Crippen LogP contribution is 2.17. The average Bonchev–Trinajstić information content (AvgIpc) is 2.41. The van der Waals surface area contributed by atoms with Crippen LogP contribution in [0.15, 0.2) is 24.3 Å². The Kier molecular flexibility index (Phi) is 8.94. The van der Waals surface area contributed by atoms with Crippen molar-refractivity contribution in [2.45, 2.75) is 64.8 Å². The predicted molar refractivity (Wildman–Crippen MR) is 85.9 cm³/mol. The van der Waals surface area contributed by atoms with Crippen LogP contribution in [0.5, 0.6) is 0 Å². The van der Waals surface area contributed by atoms with Crippen molar-refractivity contribution in [3.05, 3.63) is 34.9 Å². The monoisotopic (exact) mass is 281 g/mol. The summed E-state index contributed by atoms with van der Waals surface area (Å²) in [4.78, 5) is 0. The normalized spacial score (nSPS) is 12.6. The average molecular weight is 282 g/mol. The van der Waals surface area contributed by atoms with Crippen LogP contribution in [0.1, 0.15) is 70.4 Å². The SMILES string of the molecule is CCCCCCCCCN[C@@H](C)c1cccc(Cl)c1. The molecule has 0 aromatic heterocycles. The second-order valence-electron chi connectivity index (χ2n) is 5.35. The first-order valence-electron chi connectivity index (χ1n) is 7.73. The molecule has 0 saturated carbocycles. The Morgan fingerprint density at radius 3 is 2.42 bits per heavy atom. The summed E-state index contributed by atoms with van der Waals surface area (Å²) < 4.78 is 0. The van der Waals surface area contributed by atoms with E-state index < -0.39 is 0 Å². The topological polar surface area (TPSA) is 12.0 Å². The van der Waals surface area contributed by atoms with Gasteiger partial charge in [0.25, 0.3) is 0 Å². The molecule has 1 N–H and O–H groups in total. The van der Waals surface area contributed by atoms with E-state index in [-0.39, 0.29) is 0 Å². The van der Waals surface area contributed by atoms with Gasteiger partial charge in [-0.3, -0.25) is 0 Å². The first-order valence-corrected chi connectivity index (χ1v) is 8.10. The van der Waals surface area contributed by atoms with E-state index in [2.05, 4.69) is 25.2 Å². The van der Waals surface area contributed by atoms with Crippen molar-refractivity contribution < 1.29 is 0 Å². The van der Waals surface area contributed by atoms with Crippen molar-refractivity contribution in [3.8, 4) is 0 Å². The third-order valence-corrected chi connectivity index (χ3v) is 3.81. The third kappa shape index (κ3) is 7.59. The molecule has 0 bridgehead atoms. The molecule has 0 aliphatic heterocycles. The van der Waals surface area contributed by atoms with Gasteiger partial charge in [0.15, 0.2) is 0 Å². The van der Waals surface area contributed by atoms with Crippen molar-refractivity contribution in [3.63, 3.8) is 0 Å². The van der Waals surface area contributed by atoms with Gasteiger partial charge in [-0.2, -0.15) is 0 Å². The highest BCUT2D eigenvalue weighted by Gasteiger charge is 2.04. The maximum atomic E-state index is 6.01. The van der Waals surface area contributed by atoms with Crippen molar-refractivity contribution in [1.29, 1.82) is 0 Å². The van der Waals surface area contributed by atoms with Crippen LogP contribution in [0.25, 0.3) is 0 Å². The molecule has 19 heavy (non-hydrogen) atoms. The lowest BCUT2D eigenvalue weighted by atomic mass is 10.1. The highest BCUT2D eigenvalue weighted by atomic mass is 35.5. The van der Waals surface area contributed by atoms with E-state index in [4.69, 9.17) is 11.6 Å². The molecule has 0 radical (unpaired) electrons. The number of hydrogen-bond acceptors (Lipinski definition) is 1. The fraction of sp³-hybridized carbons (Fsp3) is 0.647. The van der Waals surface area contributed by atoms with E-state index in [0.29, 0.717) is 6.04 Å². The molecule has 0 aliphatic rings. The van der Waals surface area contributed by atoms with Crippen LogP contribution in [-0.4, -0.2) is 6.54 Å². The minimum Gasteiger partial charge on any atom is -0.310 e. The van der Waals surface area contributed by atoms with Gasteiger partial charge in [0.2, 0.25) is 0 Å². The van der Waals surface area contributed by atoms with E-state index in [9.17, 15) is 0 Å². The maximum Gasteiger partial charge on any atom is 0.0409 e. The van der Waals surface area contributed by atoms with E-state index in [1.54, 1.807) is 0 Å². The van der Waals surface area contributed by atoms with Crippen molar-refractivity contribution in [2.24, 2.45) is 0 Å². The Balaban J connectivity index is 2.06. The summed E-state index contributed by atoms with van der Waals surface area (Å²) in [6, 6.07) is 8.51. The second-order valence-corrected chi connectivity index (χ2v) is 5.79. The van der Waals surface area contributed by atoms with Crippen molar-refractivity contribution >= 4 is 11.6 Å². The lowest BCUT2D eigenvalue weighted by Gasteiger charge is -2.14. The van der Waals surface area contributed by atoms with E-state index in [0.717, 1.165) is 11.6 Å². The fourth-order valence-corrected chi connectivity index (χ4v) is 2.49. The minimum atomic E-state index is 0.388.